The van der Waals surface area contributed by atoms with Gasteiger partial charge in [-0.3, -0.25) is 14.4 Å². The SMILES string of the molecule is Cc1sc2nc(CCC(=O)N3CCC[C@H]3C(N)=O)[nH]c(=O)c2c1C. The summed E-state index contributed by atoms with van der Waals surface area (Å²) in [6.07, 6.45) is 1.94. The van der Waals surface area contributed by atoms with Gasteiger partial charge >= 0.3 is 0 Å². The molecule has 7 nitrogen and oxygen atoms in total. The van der Waals surface area contributed by atoms with Gasteiger partial charge in [-0.25, -0.2) is 4.98 Å². The van der Waals surface area contributed by atoms with Gasteiger partial charge in [-0.05, 0) is 32.3 Å². The number of carbonyl (C=O) groups is 2. The number of nitrogens with zero attached hydrogens (tertiary/aromatic N) is 2. The minimum atomic E-state index is -0.505. The fourth-order valence-electron chi connectivity index (χ4n) is 3.15. The van der Waals surface area contributed by atoms with E-state index in [4.69, 9.17) is 5.73 Å². The van der Waals surface area contributed by atoms with E-state index in [0.717, 1.165) is 16.9 Å². The topological polar surface area (TPSA) is 109 Å². The molecule has 1 saturated heterocycles. The van der Waals surface area contributed by atoms with Crippen LogP contribution in [0, 0.1) is 13.8 Å². The highest BCUT2D eigenvalue weighted by atomic mass is 32.1. The Balaban J connectivity index is 1.75. The first-order valence-electron chi connectivity index (χ1n) is 7.96. The fraction of sp³-hybridized carbons (Fsp3) is 0.500. The molecule has 0 aromatic carbocycles. The van der Waals surface area contributed by atoms with Crippen molar-refractivity contribution in [3.05, 3.63) is 26.6 Å². The molecule has 1 atom stereocenters. The molecule has 3 N–H and O–H groups in total. The molecule has 0 radical (unpaired) electrons. The number of hydrogen-bond acceptors (Lipinski definition) is 5. The molecule has 1 fully saturated rings. The average molecular weight is 348 g/mol. The molecular formula is C16H20N4O3S. The van der Waals surface area contributed by atoms with E-state index >= 15 is 0 Å². The first-order valence-corrected chi connectivity index (χ1v) is 8.78. The van der Waals surface area contributed by atoms with Crippen LogP contribution < -0.4 is 11.3 Å². The molecule has 8 heteroatoms. The van der Waals surface area contributed by atoms with E-state index in [-0.39, 0.29) is 17.9 Å². The highest BCUT2D eigenvalue weighted by molar-refractivity contribution is 7.18. The Morgan fingerprint density at radius 3 is 2.88 bits per heavy atom. The molecule has 0 bridgehead atoms. The maximum atomic E-state index is 12.3. The summed E-state index contributed by atoms with van der Waals surface area (Å²) < 4.78 is 0. The van der Waals surface area contributed by atoms with Gasteiger partial charge in [0.05, 0.1) is 5.39 Å². The van der Waals surface area contributed by atoms with Crippen molar-refractivity contribution in [3.8, 4) is 0 Å². The number of aromatic amines is 1. The standard InChI is InChI=1S/C16H20N4O3S/c1-8-9(2)24-16-13(8)15(23)18-11(19-16)5-6-12(21)20-7-3-4-10(20)14(17)22/h10H,3-7H2,1-2H3,(H2,17,22)(H,18,19,23)/t10-/m0/s1. The number of thiophene rings is 1. The Bertz CT molecular complexity index is 870. The number of aryl methyl sites for hydroxylation is 3. The Labute approximate surface area is 142 Å². The minimum Gasteiger partial charge on any atom is -0.368 e. The second-order valence-electron chi connectivity index (χ2n) is 6.12. The molecule has 0 saturated carbocycles. The predicted octanol–water partition coefficient (Wildman–Crippen LogP) is 1.01. The third kappa shape index (κ3) is 2.93. The van der Waals surface area contributed by atoms with Crippen molar-refractivity contribution in [3.63, 3.8) is 0 Å². The van der Waals surface area contributed by atoms with Crippen molar-refractivity contribution in [2.75, 3.05) is 6.54 Å². The number of fused-ring (bicyclic) bond motifs is 1. The summed E-state index contributed by atoms with van der Waals surface area (Å²) in [5, 5.41) is 0.626. The molecular weight excluding hydrogens is 328 g/mol. The molecule has 3 rings (SSSR count). The number of aromatic nitrogens is 2. The maximum Gasteiger partial charge on any atom is 0.259 e. The van der Waals surface area contributed by atoms with Crippen LogP contribution in [0.3, 0.4) is 0 Å². The van der Waals surface area contributed by atoms with Gasteiger partial charge in [-0.2, -0.15) is 0 Å². The van der Waals surface area contributed by atoms with E-state index in [1.807, 2.05) is 13.8 Å². The summed E-state index contributed by atoms with van der Waals surface area (Å²) in [5.41, 5.74) is 6.13. The second kappa shape index (κ2) is 6.35. The van der Waals surface area contributed by atoms with Crippen LogP contribution in [0.1, 0.15) is 35.5 Å². The van der Waals surface area contributed by atoms with Crippen LogP contribution in [0.15, 0.2) is 4.79 Å². The Kier molecular flexibility index (Phi) is 4.40. The zero-order valence-electron chi connectivity index (χ0n) is 13.7. The summed E-state index contributed by atoms with van der Waals surface area (Å²) in [6, 6.07) is -0.505. The predicted molar refractivity (Wildman–Crippen MR) is 92.0 cm³/mol. The maximum absolute atomic E-state index is 12.3. The molecule has 3 heterocycles. The third-order valence-corrected chi connectivity index (χ3v) is 5.67. The van der Waals surface area contributed by atoms with Gasteiger partial charge in [0.1, 0.15) is 16.7 Å². The van der Waals surface area contributed by atoms with Crippen molar-refractivity contribution in [2.45, 2.75) is 45.6 Å². The Hall–Kier alpha value is -2.22. The lowest BCUT2D eigenvalue weighted by molar-refractivity contribution is -0.137. The van der Waals surface area contributed by atoms with Crippen LogP contribution >= 0.6 is 11.3 Å². The lowest BCUT2D eigenvalue weighted by Crippen LogP contribution is -2.43. The van der Waals surface area contributed by atoms with Gasteiger partial charge in [0.2, 0.25) is 11.8 Å². The monoisotopic (exact) mass is 348 g/mol. The zero-order valence-corrected chi connectivity index (χ0v) is 14.5. The van der Waals surface area contributed by atoms with Crippen molar-refractivity contribution >= 4 is 33.4 Å². The molecule has 2 amide bonds. The minimum absolute atomic E-state index is 0.127. The number of primary amides is 1. The first-order chi connectivity index (χ1) is 11.4. The van der Waals surface area contributed by atoms with Gasteiger partial charge in [0.25, 0.3) is 5.56 Å². The molecule has 2 aromatic heterocycles. The van der Waals surface area contributed by atoms with E-state index in [2.05, 4.69) is 9.97 Å². The smallest absolute Gasteiger partial charge is 0.259 e. The van der Waals surface area contributed by atoms with Gasteiger partial charge in [0.15, 0.2) is 0 Å². The van der Waals surface area contributed by atoms with Crippen LogP contribution in [0.4, 0.5) is 0 Å². The molecule has 128 valence electrons. The number of rotatable bonds is 4. The number of likely N-dealkylation sites (tertiary alicyclic amines) is 1. The molecule has 0 unspecified atom stereocenters. The van der Waals surface area contributed by atoms with Crippen molar-refractivity contribution in [1.82, 2.24) is 14.9 Å². The largest absolute Gasteiger partial charge is 0.368 e. The van der Waals surface area contributed by atoms with E-state index in [0.29, 0.717) is 35.4 Å². The van der Waals surface area contributed by atoms with Gasteiger partial charge in [-0.15, -0.1) is 11.3 Å². The zero-order chi connectivity index (χ0) is 17.4. The normalized spacial score (nSPS) is 17.6. The van der Waals surface area contributed by atoms with Crippen molar-refractivity contribution < 1.29 is 9.59 Å². The molecule has 0 aliphatic carbocycles. The highest BCUT2D eigenvalue weighted by Gasteiger charge is 2.32. The summed E-state index contributed by atoms with van der Waals surface area (Å²) in [6.45, 7) is 4.42. The number of H-pyrrole nitrogens is 1. The number of carbonyl (C=O) groups excluding carboxylic acids is 2. The van der Waals surface area contributed by atoms with Crippen LogP contribution in [-0.2, 0) is 16.0 Å². The molecule has 24 heavy (non-hydrogen) atoms. The molecule has 1 aliphatic heterocycles. The molecule has 1 aliphatic rings. The quantitative estimate of drug-likeness (QED) is 0.859. The Morgan fingerprint density at radius 2 is 2.17 bits per heavy atom. The van der Waals surface area contributed by atoms with Gasteiger partial charge in [0, 0.05) is 24.3 Å². The van der Waals surface area contributed by atoms with Gasteiger partial charge < -0.3 is 15.6 Å². The van der Waals surface area contributed by atoms with Crippen molar-refractivity contribution in [1.29, 1.82) is 0 Å². The van der Waals surface area contributed by atoms with Crippen LogP contribution in [0.25, 0.3) is 10.2 Å². The van der Waals surface area contributed by atoms with E-state index < -0.39 is 11.9 Å². The third-order valence-electron chi connectivity index (χ3n) is 4.57. The van der Waals surface area contributed by atoms with Crippen LogP contribution in [-0.4, -0.2) is 39.3 Å². The summed E-state index contributed by atoms with van der Waals surface area (Å²) in [7, 11) is 0. The first kappa shape index (κ1) is 16.6. The number of amides is 2. The summed E-state index contributed by atoms with van der Waals surface area (Å²) in [4.78, 5) is 46.5. The second-order valence-corrected chi connectivity index (χ2v) is 7.33. The van der Waals surface area contributed by atoms with Crippen LogP contribution in [0.5, 0.6) is 0 Å². The lowest BCUT2D eigenvalue weighted by Gasteiger charge is -2.22. The highest BCUT2D eigenvalue weighted by Crippen LogP contribution is 2.26. The molecule has 0 spiro atoms. The summed E-state index contributed by atoms with van der Waals surface area (Å²) in [5.74, 6) is -0.0900. The number of nitrogens with two attached hydrogens (primary N) is 1. The lowest BCUT2D eigenvalue weighted by atomic mass is 10.2. The van der Waals surface area contributed by atoms with Gasteiger partial charge in [-0.1, -0.05) is 0 Å². The number of hydrogen-bond donors (Lipinski definition) is 2. The van der Waals surface area contributed by atoms with E-state index in [9.17, 15) is 14.4 Å². The van der Waals surface area contributed by atoms with Crippen molar-refractivity contribution in [2.24, 2.45) is 5.73 Å². The average Bonchev–Trinajstić information content (AvgIpc) is 3.11. The van der Waals surface area contributed by atoms with Crippen LogP contribution in [0.2, 0.25) is 0 Å². The Morgan fingerprint density at radius 1 is 1.42 bits per heavy atom. The number of nitrogens with one attached hydrogen (secondary N) is 1. The van der Waals surface area contributed by atoms with E-state index in [1.54, 1.807) is 4.90 Å². The van der Waals surface area contributed by atoms with E-state index in [1.165, 1.54) is 11.3 Å². The summed E-state index contributed by atoms with van der Waals surface area (Å²) >= 11 is 1.48. The fourth-order valence-corrected chi connectivity index (χ4v) is 4.20. The molecule has 2 aromatic rings.